The Bertz CT molecular complexity index is 553. The summed E-state index contributed by atoms with van der Waals surface area (Å²) in [6.07, 6.45) is 0.936. The predicted octanol–water partition coefficient (Wildman–Crippen LogP) is 1.79. The third-order valence-corrected chi connectivity index (χ3v) is 3.49. The maximum Gasteiger partial charge on any atom is 0.243 e. The van der Waals surface area contributed by atoms with Gasteiger partial charge in [0.05, 0.1) is 5.69 Å². The van der Waals surface area contributed by atoms with Crippen LogP contribution in [0.1, 0.15) is 31.7 Å². The van der Waals surface area contributed by atoms with Crippen LogP contribution in [0.15, 0.2) is 11.1 Å². The molecule has 7 nitrogen and oxygen atoms in total. The van der Waals surface area contributed by atoms with Gasteiger partial charge in [-0.2, -0.15) is 5.10 Å². The summed E-state index contributed by atoms with van der Waals surface area (Å²) in [5.41, 5.74) is 2.22. The molecule has 8 heteroatoms. The molecule has 0 saturated heterocycles. The van der Waals surface area contributed by atoms with Gasteiger partial charge in [0.15, 0.2) is 5.96 Å². The van der Waals surface area contributed by atoms with Gasteiger partial charge in [-0.3, -0.25) is 9.48 Å². The van der Waals surface area contributed by atoms with E-state index in [4.69, 9.17) is 0 Å². The Hall–Kier alpha value is -1.32. The molecule has 0 spiro atoms. The molecule has 0 saturated carbocycles. The summed E-state index contributed by atoms with van der Waals surface area (Å²) >= 11 is 0. The normalized spacial score (nSPS) is 11.2. The van der Waals surface area contributed by atoms with E-state index in [1.165, 1.54) is 5.69 Å². The number of hydrogen-bond acceptors (Lipinski definition) is 3. The highest BCUT2D eigenvalue weighted by molar-refractivity contribution is 14.0. The van der Waals surface area contributed by atoms with Crippen molar-refractivity contribution in [1.29, 1.82) is 0 Å². The zero-order valence-corrected chi connectivity index (χ0v) is 18.6. The van der Waals surface area contributed by atoms with Crippen molar-refractivity contribution < 1.29 is 4.79 Å². The zero-order valence-electron chi connectivity index (χ0n) is 16.3. The average Bonchev–Trinajstić information content (AvgIpc) is 2.82. The van der Waals surface area contributed by atoms with Crippen LogP contribution in [0.5, 0.6) is 0 Å². The van der Waals surface area contributed by atoms with E-state index in [1.807, 2.05) is 11.6 Å². The number of carbonyl (C=O) groups excluding carboxylic acids is 1. The smallest absolute Gasteiger partial charge is 0.243 e. The second-order valence-corrected chi connectivity index (χ2v) is 6.66. The number of halogens is 1. The molecule has 1 heterocycles. The Kier molecular flexibility index (Phi) is 11.5. The van der Waals surface area contributed by atoms with E-state index in [9.17, 15) is 4.79 Å². The van der Waals surface area contributed by atoms with Gasteiger partial charge < -0.3 is 15.5 Å². The molecular formula is C17H33IN6O. The molecule has 1 aromatic heterocycles. The molecule has 0 atom stereocenters. The van der Waals surface area contributed by atoms with E-state index in [2.05, 4.69) is 47.6 Å². The van der Waals surface area contributed by atoms with E-state index in [0.29, 0.717) is 11.9 Å². The van der Waals surface area contributed by atoms with Crippen LogP contribution in [0, 0.1) is 19.8 Å². The molecule has 0 bridgehead atoms. The van der Waals surface area contributed by atoms with Crippen LogP contribution >= 0.6 is 24.0 Å². The molecule has 0 aromatic carbocycles. The van der Waals surface area contributed by atoms with Crippen molar-refractivity contribution in [3.63, 3.8) is 0 Å². The van der Waals surface area contributed by atoms with Crippen molar-refractivity contribution in [1.82, 2.24) is 25.3 Å². The monoisotopic (exact) mass is 464 g/mol. The van der Waals surface area contributed by atoms with Crippen molar-refractivity contribution in [2.45, 2.75) is 40.7 Å². The van der Waals surface area contributed by atoms with Gasteiger partial charge in [-0.1, -0.05) is 13.8 Å². The summed E-state index contributed by atoms with van der Waals surface area (Å²) in [6, 6.07) is 2.08. The maximum absolute atomic E-state index is 11.7. The maximum atomic E-state index is 11.7. The SMILES string of the molecule is Cc1cc(C)n(CCCNC(=NCC(=O)N(C)C)NCC(C)C)n1.I. The van der Waals surface area contributed by atoms with Gasteiger partial charge in [0, 0.05) is 39.4 Å². The molecule has 0 aliphatic heterocycles. The Morgan fingerprint density at radius 1 is 1.32 bits per heavy atom. The van der Waals surface area contributed by atoms with Crippen LogP contribution in [-0.4, -0.2) is 60.3 Å². The van der Waals surface area contributed by atoms with E-state index in [1.54, 1.807) is 19.0 Å². The highest BCUT2D eigenvalue weighted by atomic mass is 127. The van der Waals surface area contributed by atoms with E-state index in [0.717, 1.165) is 31.7 Å². The highest BCUT2D eigenvalue weighted by Crippen LogP contribution is 2.02. The number of nitrogens with one attached hydrogen (secondary N) is 2. The van der Waals surface area contributed by atoms with Crippen molar-refractivity contribution in [3.05, 3.63) is 17.5 Å². The van der Waals surface area contributed by atoms with Gasteiger partial charge in [0.2, 0.25) is 5.91 Å². The van der Waals surface area contributed by atoms with Crippen molar-refractivity contribution in [2.75, 3.05) is 33.7 Å². The molecule has 2 N–H and O–H groups in total. The van der Waals surface area contributed by atoms with Crippen LogP contribution in [-0.2, 0) is 11.3 Å². The number of hydrogen-bond donors (Lipinski definition) is 2. The fraction of sp³-hybridized carbons (Fsp3) is 0.706. The number of aliphatic imine (C=N–C) groups is 1. The van der Waals surface area contributed by atoms with Gasteiger partial charge in [-0.25, -0.2) is 4.99 Å². The minimum Gasteiger partial charge on any atom is -0.356 e. The lowest BCUT2D eigenvalue weighted by molar-refractivity contribution is -0.127. The molecule has 1 aromatic rings. The lowest BCUT2D eigenvalue weighted by Gasteiger charge is -2.15. The second-order valence-electron chi connectivity index (χ2n) is 6.66. The quantitative estimate of drug-likeness (QED) is 0.266. The standard InChI is InChI=1S/C17H32N6O.HI/c1-13(2)11-19-17(20-12-16(24)22(5)6)18-8-7-9-23-15(4)10-14(3)21-23;/h10,13H,7-9,11-12H2,1-6H3,(H2,18,19,20);1H. The minimum absolute atomic E-state index is 0. The number of guanidine groups is 1. The summed E-state index contributed by atoms with van der Waals surface area (Å²) in [4.78, 5) is 17.6. The van der Waals surface area contributed by atoms with Crippen molar-refractivity contribution in [3.8, 4) is 0 Å². The third-order valence-electron chi connectivity index (χ3n) is 3.49. The highest BCUT2D eigenvalue weighted by Gasteiger charge is 2.05. The van der Waals surface area contributed by atoms with Gasteiger partial charge in [0.25, 0.3) is 0 Å². The summed E-state index contributed by atoms with van der Waals surface area (Å²) in [5, 5.41) is 11.0. The first-order valence-corrected chi connectivity index (χ1v) is 8.53. The fourth-order valence-electron chi connectivity index (χ4n) is 2.10. The topological polar surface area (TPSA) is 74.6 Å². The van der Waals surface area contributed by atoms with Gasteiger partial charge in [-0.15, -0.1) is 24.0 Å². The zero-order chi connectivity index (χ0) is 18.1. The number of carbonyl (C=O) groups is 1. The summed E-state index contributed by atoms with van der Waals surface area (Å²) in [6.45, 7) is 11.0. The first kappa shape index (κ1) is 23.7. The van der Waals surface area contributed by atoms with Crippen LogP contribution in [0.3, 0.4) is 0 Å². The first-order chi connectivity index (χ1) is 11.3. The van der Waals surface area contributed by atoms with Crippen LogP contribution in [0.25, 0.3) is 0 Å². The molecule has 1 amide bonds. The molecular weight excluding hydrogens is 431 g/mol. The Morgan fingerprint density at radius 3 is 2.52 bits per heavy atom. The predicted molar refractivity (Wildman–Crippen MR) is 114 cm³/mol. The van der Waals surface area contributed by atoms with Gasteiger partial charge in [0.1, 0.15) is 6.54 Å². The summed E-state index contributed by atoms with van der Waals surface area (Å²) in [7, 11) is 3.47. The van der Waals surface area contributed by atoms with Crippen LogP contribution in [0.4, 0.5) is 0 Å². The van der Waals surface area contributed by atoms with E-state index >= 15 is 0 Å². The Balaban J connectivity index is 0.00000576. The lowest BCUT2D eigenvalue weighted by Crippen LogP contribution is -2.40. The molecule has 0 aliphatic carbocycles. The molecule has 25 heavy (non-hydrogen) atoms. The largest absolute Gasteiger partial charge is 0.356 e. The van der Waals surface area contributed by atoms with E-state index < -0.39 is 0 Å². The van der Waals surface area contributed by atoms with Crippen molar-refractivity contribution >= 4 is 35.8 Å². The number of nitrogens with zero attached hydrogens (tertiary/aromatic N) is 4. The minimum atomic E-state index is -0.0108. The molecule has 144 valence electrons. The lowest BCUT2D eigenvalue weighted by atomic mass is 10.2. The van der Waals surface area contributed by atoms with Crippen LogP contribution < -0.4 is 10.6 Å². The molecule has 0 aliphatic rings. The Labute approximate surface area is 168 Å². The number of likely N-dealkylation sites (N-methyl/N-ethyl adjacent to an activating group) is 1. The van der Waals surface area contributed by atoms with Gasteiger partial charge >= 0.3 is 0 Å². The van der Waals surface area contributed by atoms with Gasteiger partial charge in [-0.05, 0) is 32.3 Å². The number of amides is 1. The number of aryl methyl sites for hydroxylation is 3. The third kappa shape index (κ3) is 9.66. The molecule has 0 unspecified atom stereocenters. The molecule has 0 radical (unpaired) electrons. The molecule has 1 rings (SSSR count). The number of rotatable bonds is 8. The van der Waals surface area contributed by atoms with Crippen molar-refractivity contribution in [2.24, 2.45) is 10.9 Å². The fourth-order valence-corrected chi connectivity index (χ4v) is 2.10. The molecule has 0 fully saturated rings. The average molecular weight is 464 g/mol. The summed E-state index contributed by atoms with van der Waals surface area (Å²) in [5.74, 6) is 1.19. The summed E-state index contributed by atoms with van der Waals surface area (Å²) < 4.78 is 2.02. The Morgan fingerprint density at radius 2 is 2.00 bits per heavy atom. The number of aromatic nitrogens is 2. The van der Waals surface area contributed by atoms with E-state index in [-0.39, 0.29) is 36.4 Å². The second kappa shape index (κ2) is 12.1. The van der Waals surface area contributed by atoms with Crippen LogP contribution in [0.2, 0.25) is 0 Å². The first-order valence-electron chi connectivity index (χ1n) is 8.53.